The van der Waals surface area contributed by atoms with Crippen LogP contribution in [0, 0.1) is 13.8 Å². The van der Waals surface area contributed by atoms with Gasteiger partial charge in [-0.3, -0.25) is 0 Å². The predicted molar refractivity (Wildman–Crippen MR) is 86.5 cm³/mol. The molecule has 2 aromatic rings. The molecule has 1 atom stereocenters. The first kappa shape index (κ1) is 15.3. The second-order valence-corrected chi connectivity index (χ2v) is 7.43. The van der Waals surface area contributed by atoms with Crippen LogP contribution in [0.1, 0.15) is 43.8 Å². The first-order valence-corrected chi connectivity index (χ1v) is 8.17. The lowest BCUT2D eigenvalue weighted by Crippen LogP contribution is -2.34. The average Bonchev–Trinajstić information content (AvgIpc) is 2.78. The van der Waals surface area contributed by atoms with E-state index in [0.717, 1.165) is 23.6 Å². The maximum Gasteiger partial charge on any atom is 0.155 e. The van der Waals surface area contributed by atoms with Crippen LogP contribution in [0.2, 0.25) is 0 Å². The van der Waals surface area contributed by atoms with Crippen molar-refractivity contribution in [1.82, 2.24) is 19.9 Å². The summed E-state index contributed by atoms with van der Waals surface area (Å²) in [6.45, 7) is 11.8. The van der Waals surface area contributed by atoms with E-state index in [0.29, 0.717) is 0 Å². The van der Waals surface area contributed by atoms with Crippen molar-refractivity contribution < 1.29 is 0 Å². The van der Waals surface area contributed by atoms with Crippen LogP contribution in [0.15, 0.2) is 12.3 Å². The molecule has 5 heteroatoms. The van der Waals surface area contributed by atoms with Gasteiger partial charge < -0.3 is 5.32 Å². The molecule has 1 unspecified atom stereocenters. The summed E-state index contributed by atoms with van der Waals surface area (Å²) in [7, 11) is 0. The van der Waals surface area contributed by atoms with Crippen molar-refractivity contribution in [2.45, 2.75) is 45.4 Å². The van der Waals surface area contributed by atoms with Crippen LogP contribution in [0.25, 0.3) is 5.65 Å². The zero-order valence-electron chi connectivity index (χ0n) is 13.2. The minimum Gasteiger partial charge on any atom is -0.309 e. The predicted octanol–water partition coefficient (Wildman–Crippen LogP) is 3.14. The van der Waals surface area contributed by atoms with Gasteiger partial charge in [0.25, 0.3) is 0 Å². The van der Waals surface area contributed by atoms with Gasteiger partial charge in [0, 0.05) is 40.9 Å². The molecule has 0 saturated carbocycles. The van der Waals surface area contributed by atoms with Gasteiger partial charge in [0.15, 0.2) is 5.65 Å². The molecule has 0 radical (unpaired) electrons. The Balaban J connectivity index is 2.22. The Morgan fingerprint density at radius 3 is 2.75 bits per heavy atom. The van der Waals surface area contributed by atoms with E-state index >= 15 is 0 Å². The normalized spacial score (nSPS) is 13.9. The third-order valence-electron chi connectivity index (χ3n) is 3.74. The molecule has 0 bridgehead atoms. The van der Waals surface area contributed by atoms with Gasteiger partial charge in [-0.15, -0.1) is 0 Å². The lowest BCUT2D eigenvalue weighted by Gasteiger charge is -2.25. The second kappa shape index (κ2) is 5.74. The number of thioether (sulfide) groups is 1. The van der Waals surface area contributed by atoms with Crippen molar-refractivity contribution in [3.63, 3.8) is 0 Å². The Kier molecular flexibility index (Phi) is 4.39. The number of nitrogens with one attached hydrogen (secondary N) is 1. The number of nitrogens with zero attached hydrogens (tertiary/aromatic N) is 3. The summed E-state index contributed by atoms with van der Waals surface area (Å²) < 4.78 is 2.17. The summed E-state index contributed by atoms with van der Waals surface area (Å²) in [5, 5.41) is 8.10. The number of aromatic nitrogens is 3. The molecule has 0 aliphatic heterocycles. The van der Waals surface area contributed by atoms with E-state index in [1.807, 2.05) is 35.5 Å². The molecule has 0 aliphatic carbocycles. The van der Waals surface area contributed by atoms with Crippen LogP contribution in [0.4, 0.5) is 0 Å². The van der Waals surface area contributed by atoms with Crippen molar-refractivity contribution in [3.8, 4) is 0 Å². The topological polar surface area (TPSA) is 42.2 Å². The van der Waals surface area contributed by atoms with Gasteiger partial charge in [0.2, 0.25) is 0 Å². The molecule has 0 aliphatic rings. The molecule has 110 valence electrons. The number of aryl methyl sites for hydroxylation is 2. The molecule has 0 saturated heterocycles. The quantitative estimate of drug-likeness (QED) is 0.919. The monoisotopic (exact) mass is 292 g/mol. The highest BCUT2D eigenvalue weighted by Gasteiger charge is 2.19. The van der Waals surface area contributed by atoms with Gasteiger partial charge in [-0.05, 0) is 40.9 Å². The second-order valence-electron chi connectivity index (χ2n) is 5.92. The zero-order chi connectivity index (χ0) is 14.9. The summed E-state index contributed by atoms with van der Waals surface area (Å²) in [6.07, 6.45) is 4.12. The molecule has 1 N–H and O–H groups in total. The van der Waals surface area contributed by atoms with Crippen LogP contribution >= 0.6 is 11.8 Å². The minimum atomic E-state index is 0.238. The Labute approximate surface area is 125 Å². The van der Waals surface area contributed by atoms with Crippen molar-refractivity contribution in [2.75, 3.05) is 12.8 Å². The molecule has 20 heavy (non-hydrogen) atoms. The third kappa shape index (κ3) is 3.15. The SMILES string of the molecule is CSC(C)(C)CNC(C)c1cnc2cc(C)nn2c1C. The first-order valence-electron chi connectivity index (χ1n) is 6.94. The molecule has 0 fully saturated rings. The fourth-order valence-corrected chi connectivity index (χ4v) is 2.41. The number of rotatable bonds is 5. The molecule has 4 nitrogen and oxygen atoms in total. The molecule has 2 aromatic heterocycles. The van der Waals surface area contributed by atoms with Gasteiger partial charge in [0.05, 0.1) is 5.69 Å². The Hall–Kier alpha value is -1.07. The lowest BCUT2D eigenvalue weighted by molar-refractivity contribution is 0.517. The number of fused-ring (bicyclic) bond motifs is 1. The first-order chi connectivity index (χ1) is 9.34. The highest BCUT2D eigenvalue weighted by Crippen LogP contribution is 2.23. The molecule has 0 amide bonds. The zero-order valence-corrected chi connectivity index (χ0v) is 14.0. The molecular weight excluding hydrogens is 268 g/mol. The highest BCUT2D eigenvalue weighted by atomic mass is 32.2. The van der Waals surface area contributed by atoms with Gasteiger partial charge >= 0.3 is 0 Å². The lowest BCUT2D eigenvalue weighted by atomic mass is 10.1. The van der Waals surface area contributed by atoms with Crippen molar-refractivity contribution in [3.05, 3.63) is 29.2 Å². The van der Waals surface area contributed by atoms with E-state index in [4.69, 9.17) is 0 Å². The standard InChI is InChI=1S/C15H24N4S/c1-10-7-14-16-8-13(12(3)19(14)18-10)11(2)17-9-15(4,5)20-6/h7-8,11,17H,9H2,1-6H3. The summed E-state index contributed by atoms with van der Waals surface area (Å²) in [5.74, 6) is 0. The van der Waals surface area contributed by atoms with Crippen LogP contribution in [0.5, 0.6) is 0 Å². The summed E-state index contributed by atoms with van der Waals surface area (Å²) >= 11 is 1.88. The van der Waals surface area contributed by atoms with Crippen LogP contribution in [-0.2, 0) is 0 Å². The van der Waals surface area contributed by atoms with Crippen molar-refractivity contribution in [2.24, 2.45) is 0 Å². The van der Waals surface area contributed by atoms with Gasteiger partial charge in [0.1, 0.15) is 0 Å². The van der Waals surface area contributed by atoms with E-state index in [2.05, 4.69) is 49.4 Å². The molecular formula is C15H24N4S. The fourth-order valence-electron chi connectivity index (χ4n) is 2.18. The van der Waals surface area contributed by atoms with Crippen molar-refractivity contribution in [1.29, 1.82) is 0 Å². The van der Waals surface area contributed by atoms with Crippen LogP contribution < -0.4 is 5.32 Å². The molecule has 0 aromatic carbocycles. The van der Waals surface area contributed by atoms with E-state index in [1.54, 1.807) is 0 Å². The summed E-state index contributed by atoms with van der Waals surface area (Å²) in [4.78, 5) is 4.50. The minimum absolute atomic E-state index is 0.238. The molecule has 0 spiro atoms. The van der Waals surface area contributed by atoms with E-state index < -0.39 is 0 Å². The van der Waals surface area contributed by atoms with E-state index in [1.165, 1.54) is 5.56 Å². The summed E-state index contributed by atoms with van der Waals surface area (Å²) in [5.41, 5.74) is 4.28. The average molecular weight is 292 g/mol. The largest absolute Gasteiger partial charge is 0.309 e. The van der Waals surface area contributed by atoms with Crippen LogP contribution in [0.3, 0.4) is 0 Å². The summed E-state index contributed by atoms with van der Waals surface area (Å²) in [6, 6.07) is 2.27. The Morgan fingerprint density at radius 2 is 2.10 bits per heavy atom. The Morgan fingerprint density at radius 1 is 1.40 bits per heavy atom. The maximum atomic E-state index is 4.50. The fraction of sp³-hybridized carbons (Fsp3) is 0.600. The third-order valence-corrected chi connectivity index (χ3v) is 4.99. The van der Waals surface area contributed by atoms with E-state index in [-0.39, 0.29) is 10.8 Å². The Bertz CT molecular complexity index is 603. The molecule has 2 heterocycles. The van der Waals surface area contributed by atoms with Gasteiger partial charge in [-0.1, -0.05) is 0 Å². The molecule has 2 rings (SSSR count). The van der Waals surface area contributed by atoms with Crippen LogP contribution in [-0.4, -0.2) is 32.1 Å². The van der Waals surface area contributed by atoms with Crippen molar-refractivity contribution >= 4 is 17.4 Å². The maximum absolute atomic E-state index is 4.50. The number of hydrogen-bond acceptors (Lipinski definition) is 4. The highest BCUT2D eigenvalue weighted by molar-refractivity contribution is 7.99. The van der Waals surface area contributed by atoms with E-state index in [9.17, 15) is 0 Å². The number of hydrogen-bond donors (Lipinski definition) is 1. The smallest absolute Gasteiger partial charge is 0.155 e. The van der Waals surface area contributed by atoms with Gasteiger partial charge in [-0.25, -0.2) is 9.50 Å². The van der Waals surface area contributed by atoms with Gasteiger partial charge in [-0.2, -0.15) is 16.9 Å².